The van der Waals surface area contributed by atoms with Gasteiger partial charge in [-0.15, -0.1) is 0 Å². The first kappa shape index (κ1) is 18.1. The van der Waals surface area contributed by atoms with Crippen molar-refractivity contribution in [1.82, 2.24) is 5.32 Å². The predicted octanol–water partition coefficient (Wildman–Crippen LogP) is 4.86. The molecule has 2 N–H and O–H groups in total. The SMILES string of the molecule is Cc1ccc(Br)cc1NC1CCCC1CNC(=O)OC(C)(C)C. The minimum Gasteiger partial charge on any atom is -0.444 e. The highest BCUT2D eigenvalue weighted by Gasteiger charge is 2.28. The molecule has 23 heavy (non-hydrogen) atoms. The van der Waals surface area contributed by atoms with Crippen LogP contribution in [0.25, 0.3) is 0 Å². The molecule has 0 bridgehead atoms. The number of halogens is 1. The third-order valence-electron chi connectivity index (χ3n) is 4.11. The van der Waals surface area contributed by atoms with E-state index in [9.17, 15) is 4.79 Å². The number of carbonyl (C=O) groups is 1. The van der Waals surface area contributed by atoms with Crippen LogP contribution in [0, 0.1) is 12.8 Å². The Kier molecular flexibility index (Phi) is 5.95. The molecule has 0 spiro atoms. The summed E-state index contributed by atoms with van der Waals surface area (Å²) in [5.74, 6) is 0.431. The second-order valence-electron chi connectivity index (χ2n) is 7.28. The van der Waals surface area contributed by atoms with Crippen molar-refractivity contribution < 1.29 is 9.53 Å². The summed E-state index contributed by atoms with van der Waals surface area (Å²) in [6, 6.07) is 6.66. The van der Waals surface area contributed by atoms with Crippen LogP contribution in [-0.4, -0.2) is 24.3 Å². The van der Waals surface area contributed by atoms with E-state index >= 15 is 0 Å². The van der Waals surface area contributed by atoms with Gasteiger partial charge in [-0.05, 0) is 64.2 Å². The highest BCUT2D eigenvalue weighted by atomic mass is 79.9. The Hall–Kier alpha value is -1.23. The Morgan fingerprint density at radius 3 is 2.78 bits per heavy atom. The molecule has 1 aliphatic carbocycles. The molecule has 1 amide bonds. The van der Waals surface area contributed by atoms with Crippen molar-refractivity contribution in [2.75, 3.05) is 11.9 Å². The van der Waals surface area contributed by atoms with E-state index in [-0.39, 0.29) is 6.09 Å². The molecule has 128 valence electrons. The Labute approximate surface area is 147 Å². The fourth-order valence-electron chi connectivity index (χ4n) is 2.95. The van der Waals surface area contributed by atoms with Crippen molar-refractivity contribution >= 4 is 27.7 Å². The van der Waals surface area contributed by atoms with E-state index in [1.165, 1.54) is 12.0 Å². The third-order valence-corrected chi connectivity index (χ3v) is 4.60. The summed E-state index contributed by atoms with van der Waals surface area (Å²) in [5.41, 5.74) is 1.94. The molecule has 1 aliphatic rings. The maximum atomic E-state index is 11.8. The molecule has 0 aliphatic heterocycles. The first-order chi connectivity index (χ1) is 10.7. The molecule has 0 aromatic heterocycles. The van der Waals surface area contributed by atoms with E-state index in [0.29, 0.717) is 18.5 Å². The van der Waals surface area contributed by atoms with Gasteiger partial charge in [0.1, 0.15) is 5.60 Å². The first-order valence-electron chi connectivity index (χ1n) is 8.24. The van der Waals surface area contributed by atoms with Crippen LogP contribution in [0.4, 0.5) is 10.5 Å². The number of ether oxygens (including phenoxy) is 1. The average Bonchev–Trinajstić information content (AvgIpc) is 2.86. The monoisotopic (exact) mass is 382 g/mol. The Bertz CT molecular complexity index is 554. The number of hydrogen-bond acceptors (Lipinski definition) is 3. The molecule has 1 fully saturated rings. The van der Waals surface area contributed by atoms with Crippen molar-refractivity contribution in [3.05, 3.63) is 28.2 Å². The number of amides is 1. The standard InChI is InChI=1S/C18H27BrN2O2/c1-12-8-9-14(19)10-16(12)21-15-7-5-6-13(15)11-20-17(22)23-18(2,3)4/h8-10,13,15,21H,5-7,11H2,1-4H3,(H,20,22). The quantitative estimate of drug-likeness (QED) is 0.781. The lowest BCUT2D eigenvalue weighted by Gasteiger charge is -2.25. The van der Waals surface area contributed by atoms with Crippen LogP contribution in [-0.2, 0) is 4.74 Å². The smallest absolute Gasteiger partial charge is 0.407 e. The second-order valence-corrected chi connectivity index (χ2v) is 8.20. The minimum absolute atomic E-state index is 0.332. The normalized spacial score (nSPS) is 21.1. The van der Waals surface area contributed by atoms with Crippen molar-refractivity contribution in [2.24, 2.45) is 5.92 Å². The molecular formula is C18H27BrN2O2. The maximum Gasteiger partial charge on any atom is 0.407 e. The van der Waals surface area contributed by atoms with E-state index in [2.05, 4.69) is 51.7 Å². The molecule has 1 aromatic rings. The van der Waals surface area contributed by atoms with Gasteiger partial charge < -0.3 is 15.4 Å². The molecule has 1 saturated carbocycles. The van der Waals surface area contributed by atoms with E-state index in [4.69, 9.17) is 4.74 Å². The Morgan fingerprint density at radius 2 is 2.09 bits per heavy atom. The van der Waals surface area contributed by atoms with E-state index in [0.717, 1.165) is 23.0 Å². The summed E-state index contributed by atoms with van der Waals surface area (Å²) >= 11 is 3.52. The van der Waals surface area contributed by atoms with E-state index in [1.807, 2.05) is 20.8 Å². The largest absolute Gasteiger partial charge is 0.444 e. The van der Waals surface area contributed by atoms with Crippen molar-refractivity contribution in [2.45, 2.75) is 58.6 Å². The number of nitrogens with one attached hydrogen (secondary N) is 2. The van der Waals surface area contributed by atoms with Crippen molar-refractivity contribution in [1.29, 1.82) is 0 Å². The van der Waals surface area contributed by atoms with Gasteiger partial charge in [-0.1, -0.05) is 28.4 Å². The number of alkyl carbamates (subject to hydrolysis) is 1. The molecular weight excluding hydrogens is 356 g/mol. The van der Waals surface area contributed by atoms with Gasteiger partial charge in [-0.2, -0.15) is 0 Å². The zero-order valence-corrected chi connectivity index (χ0v) is 16.0. The molecule has 2 atom stereocenters. The lowest BCUT2D eigenvalue weighted by atomic mass is 10.0. The zero-order valence-electron chi connectivity index (χ0n) is 14.4. The van der Waals surface area contributed by atoms with Gasteiger partial charge in [-0.25, -0.2) is 4.79 Å². The lowest BCUT2D eigenvalue weighted by molar-refractivity contribution is 0.0519. The zero-order chi connectivity index (χ0) is 17.0. The van der Waals surface area contributed by atoms with Crippen LogP contribution in [0.2, 0.25) is 0 Å². The molecule has 0 heterocycles. The molecule has 2 rings (SSSR count). The fourth-order valence-corrected chi connectivity index (χ4v) is 3.31. The van der Waals surface area contributed by atoms with Gasteiger partial charge >= 0.3 is 6.09 Å². The van der Waals surface area contributed by atoms with Crippen molar-refractivity contribution in [3.8, 4) is 0 Å². The molecule has 0 saturated heterocycles. The Morgan fingerprint density at radius 1 is 1.35 bits per heavy atom. The summed E-state index contributed by atoms with van der Waals surface area (Å²) in [6.45, 7) is 8.39. The van der Waals surface area contributed by atoms with Crippen LogP contribution in [0.15, 0.2) is 22.7 Å². The molecule has 2 unspecified atom stereocenters. The van der Waals surface area contributed by atoms with Crippen LogP contribution in [0.5, 0.6) is 0 Å². The lowest BCUT2D eigenvalue weighted by Crippen LogP contribution is -2.38. The maximum absolute atomic E-state index is 11.8. The number of anilines is 1. The highest BCUT2D eigenvalue weighted by Crippen LogP contribution is 2.30. The van der Waals surface area contributed by atoms with E-state index < -0.39 is 5.60 Å². The summed E-state index contributed by atoms with van der Waals surface area (Å²) in [7, 11) is 0. The van der Waals surface area contributed by atoms with Crippen molar-refractivity contribution in [3.63, 3.8) is 0 Å². The van der Waals surface area contributed by atoms with E-state index in [1.54, 1.807) is 0 Å². The molecule has 1 aromatic carbocycles. The third kappa shape index (κ3) is 5.72. The summed E-state index contributed by atoms with van der Waals surface area (Å²) in [5, 5.41) is 6.56. The number of benzene rings is 1. The van der Waals surface area contributed by atoms with Crippen LogP contribution < -0.4 is 10.6 Å². The summed E-state index contributed by atoms with van der Waals surface area (Å²) < 4.78 is 6.39. The number of aryl methyl sites for hydroxylation is 1. The van der Waals surface area contributed by atoms with Gasteiger partial charge in [0, 0.05) is 22.7 Å². The van der Waals surface area contributed by atoms with Crippen LogP contribution >= 0.6 is 15.9 Å². The summed E-state index contributed by atoms with van der Waals surface area (Å²) in [4.78, 5) is 11.8. The Balaban J connectivity index is 1.90. The molecule has 4 nitrogen and oxygen atoms in total. The van der Waals surface area contributed by atoms with Crippen LogP contribution in [0.3, 0.4) is 0 Å². The van der Waals surface area contributed by atoms with Gasteiger partial charge in [0.15, 0.2) is 0 Å². The topological polar surface area (TPSA) is 50.4 Å². The average molecular weight is 383 g/mol. The number of carbonyl (C=O) groups excluding carboxylic acids is 1. The first-order valence-corrected chi connectivity index (χ1v) is 9.03. The minimum atomic E-state index is -0.454. The van der Waals surface area contributed by atoms with Gasteiger partial charge in [0.25, 0.3) is 0 Å². The number of rotatable bonds is 4. The summed E-state index contributed by atoms with van der Waals surface area (Å²) in [6.07, 6.45) is 3.11. The second kappa shape index (κ2) is 7.56. The van der Waals surface area contributed by atoms with Crippen LogP contribution in [0.1, 0.15) is 45.6 Å². The van der Waals surface area contributed by atoms with Gasteiger partial charge in [-0.3, -0.25) is 0 Å². The highest BCUT2D eigenvalue weighted by molar-refractivity contribution is 9.10. The molecule has 0 radical (unpaired) electrons. The molecule has 5 heteroatoms. The predicted molar refractivity (Wildman–Crippen MR) is 97.9 cm³/mol. The number of hydrogen-bond donors (Lipinski definition) is 2. The fraction of sp³-hybridized carbons (Fsp3) is 0.611. The van der Waals surface area contributed by atoms with Gasteiger partial charge in [0.2, 0.25) is 0 Å². The van der Waals surface area contributed by atoms with Gasteiger partial charge in [0.05, 0.1) is 0 Å².